The third kappa shape index (κ3) is 3.45. The molecule has 3 rings (SSSR count). The average Bonchev–Trinajstić information content (AvgIpc) is 2.92. The Morgan fingerprint density at radius 2 is 1.61 bits per heavy atom. The van der Waals surface area contributed by atoms with Gasteiger partial charge in [0.05, 0.1) is 12.5 Å². The summed E-state index contributed by atoms with van der Waals surface area (Å²) in [6.07, 6.45) is 1.85. The standard InChI is InChI=1S/C21H30O7/c1-11(22)26-15-9-14-10-25-19(28-13(3)24)17(14)21(6)16(27-12(2)23)7-8-20(4,5)18(15)21/h9,15-19H,7-8,10H2,1-6H3/t15-,16+,17+,18-,19-,21+/m0/s1. The maximum Gasteiger partial charge on any atom is 0.304 e. The lowest BCUT2D eigenvalue weighted by atomic mass is 9.47. The Labute approximate surface area is 165 Å². The van der Waals surface area contributed by atoms with Crippen molar-refractivity contribution in [2.45, 2.75) is 72.9 Å². The van der Waals surface area contributed by atoms with Gasteiger partial charge in [0, 0.05) is 32.1 Å². The van der Waals surface area contributed by atoms with Crippen molar-refractivity contribution in [2.75, 3.05) is 6.61 Å². The molecule has 0 amide bonds. The van der Waals surface area contributed by atoms with Gasteiger partial charge in [0.15, 0.2) is 0 Å². The van der Waals surface area contributed by atoms with Crippen molar-refractivity contribution in [1.29, 1.82) is 0 Å². The fraction of sp³-hybridized carbons (Fsp3) is 0.762. The van der Waals surface area contributed by atoms with Gasteiger partial charge in [-0.1, -0.05) is 20.8 Å². The van der Waals surface area contributed by atoms with Gasteiger partial charge in [0.2, 0.25) is 6.29 Å². The minimum Gasteiger partial charge on any atom is -0.462 e. The maximum atomic E-state index is 11.9. The Kier molecular flexibility index (Phi) is 5.34. The Balaban J connectivity index is 2.14. The topological polar surface area (TPSA) is 88.1 Å². The predicted octanol–water partition coefficient (Wildman–Crippen LogP) is 2.77. The van der Waals surface area contributed by atoms with Crippen LogP contribution in [0.3, 0.4) is 0 Å². The largest absolute Gasteiger partial charge is 0.462 e. The van der Waals surface area contributed by atoms with E-state index in [1.165, 1.54) is 20.8 Å². The summed E-state index contributed by atoms with van der Waals surface area (Å²) >= 11 is 0. The van der Waals surface area contributed by atoms with Crippen molar-refractivity contribution in [3.05, 3.63) is 11.6 Å². The molecule has 3 aliphatic rings. The minimum atomic E-state index is -0.749. The molecule has 7 heteroatoms. The number of esters is 3. The summed E-state index contributed by atoms with van der Waals surface area (Å²) in [4.78, 5) is 35.3. The van der Waals surface area contributed by atoms with Crippen molar-refractivity contribution in [2.24, 2.45) is 22.7 Å². The van der Waals surface area contributed by atoms with Crippen LogP contribution in [-0.4, -0.2) is 43.0 Å². The SMILES string of the molecule is CC(=O)O[C@@H]1OCC2=C[C@H](OC(C)=O)[C@H]3C(C)(C)CC[C@@H](OC(C)=O)[C@]3(C)[C@H]21. The second-order valence-corrected chi connectivity index (χ2v) is 9.05. The lowest BCUT2D eigenvalue weighted by Gasteiger charge is -2.60. The van der Waals surface area contributed by atoms with Crippen molar-refractivity contribution in [3.63, 3.8) is 0 Å². The maximum absolute atomic E-state index is 11.9. The molecule has 1 aliphatic heterocycles. The zero-order valence-electron chi connectivity index (χ0n) is 17.4. The van der Waals surface area contributed by atoms with Gasteiger partial charge in [-0.05, 0) is 29.9 Å². The van der Waals surface area contributed by atoms with Gasteiger partial charge in [-0.3, -0.25) is 14.4 Å². The fourth-order valence-corrected chi connectivity index (χ4v) is 5.84. The molecular formula is C21H30O7. The summed E-state index contributed by atoms with van der Waals surface area (Å²) in [6.45, 7) is 10.8. The van der Waals surface area contributed by atoms with Crippen LogP contribution < -0.4 is 0 Å². The van der Waals surface area contributed by atoms with E-state index in [1.54, 1.807) is 0 Å². The van der Waals surface area contributed by atoms with Gasteiger partial charge in [-0.25, -0.2) is 0 Å². The van der Waals surface area contributed by atoms with Gasteiger partial charge < -0.3 is 18.9 Å². The third-order valence-electron chi connectivity index (χ3n) is 6.61. The number of ether oxygens (including phenoxy) is 4. The van der Waals surface area contributed by atoms with Crippen LogP contribution in [0.15, 0.2) is 11.6 Å². The molecule has 156 valence electrons. The van der Waals surface area contributed by atoms with Gasteiger partial charge in [0.1, 0.15) is 12.2 Å². The van der Waals surface area contributed by atoms with Crippen LogP contribution in [0.2, 0.25) is 0 Å². The number of carbonyl (C=O) groups excluding carboxylic acids is 3. The van der Waals surface area contributed by atoms with E-state index in [4.69, 9.17) is 18.9 Å². The van der Waals surface area contributed by atoms with Gasteiger partial charge >= 0.3 is 17.9 Å². The molecule has 0 aromatic rings. The number of hydrogen-bond acceptors (Lipinski definition) is 7. The fourth-order valence-electron chi connectivity index (χ4n) is 5.84. The summed E-state index contributed by atoms with van der Waals surface area (Å²) in [7, 11) is 0. The van der Waals surface area contributed by atoms with E-state index in [9.17, 15) is 14.4 Å². The Morgan fingerprint density at radius 3 is 2.18 bits per heavy atom. The molecule has 0 aromatic carbocycles. The first kappa shape index (κ1) is 20.8. The summed E-state index contributed by atoms with van der Waals surface area (Å²) < 4.78 is 22.8. The molecule has 1 heterocycles. The molecule has 2 fully saturated rings. The van der Waals surface area contributed by atoms with E-state index < -0.39 is 29.9 Å². The molecule has 1 saturated carbocycles. The van der Waals surface area contributed by atoms with Crippen LogP contribution in [0.25, 0.3) is 0 Å². The number of rotatable bonds is 3. The van der Waals surface area contributed by atoms with Crippen LogP contribution in [0, 0.1) is 22.7 Å². The Morgan fingerprint density at radius 1 is 1.00 bits per heavy atom. The number of carbonyl (C=O) groups is 3. The first-order chi connectivity index (χ1) is 13.0. The van der Waals surface area contributed by atoms with Crippen LogP contribution in [-0.2, 0) is 33.3 Å². The zero-order chi connectivity index (χ0) is 20.9. The highest BCUT2D eigenvalue weighted by Gasteiger charge is 2.65. The highest BCUT2D eigenvalue weighted by molar-refractivity contribution is 5.67. The molecule has 0 radical (unpaired) electrons. The van der Waals surface area contributed by atoms with Crippen LogP contribution in [0.5, 0.6) is 0 Å². The van der Waals surface area contributed by atoms with E-state index in [0.29, 0.717) is 6.42 Å². The van der Waals surface area contributed by atoms with Crippen LogP contribution in [0.4, 0.5) is 0 Å². The molecular weight excluding hydrogens is 364 g/mol. The van der Waals surface area contributed by atoms with Crippen molar-refractivity contribution in [3.8, 4) is 0 Å². The van der Waals surface area contributed by atoms with E-state index in [0.717, 1.165) is 12.0 Å². The molecule has 0 N–H and O–H groups in total. The zero-order valence-corrected chi connectivity index (χ0v) is 17.4. The van der Waals surface area contributed by atoms with Crippen molar-refractivity contribution >= 4 is 17.9 Å². The lowest BCUT2D eigenvalue weighted by molar-refractivity contribution is -0.224. The van der Waals surface area contributed by atoms with Gasteiger partial charge in [-0.15, -0.1) is 0 Å². The molecule has 7 nitrogen and oxygen atoms in total. The summed E-state index contributed by atoms with van der Waals surface area (Å²) in [5, 5.41) is 0. The first-order valence-corrected chi connectivity index (χ1v) is 9.80. The van der Waals surface area contributed by atoms with Crippen LogP contribution in [0.1, 0.15) is 54.4 Å². The second kappa shape index (κ2) is 7.17. The second-order valence-electron chi connectivity index (χ2n) is 9.05. The highest BCUT2D eigenvalue weighted by Crippen LogP contribution is 2.63. The predicted molar refractivity (Wildman–Crippen MR) is 98.8 cm³/mol. The quantitative estimate of drug-likeness (QED) is 0.413. The van der Waals surface area contributed by atoms with E-state index in [1.807, 2.05) is 13.0 Å². The van der Waals surface area contributed by atoms with E-state index in [-0.39, 0.29) is 35.8 Å². The summed E-state index contributed by atoms with van der Waals surface area (Å²) in [5.41, 5.74) is 0.122. The van der Waals surface area contributed by atoms with Crippen LogP contribution >= 0.6 is 0 Å². The van der Waals surface area contributed by atoms with Gasteiger partial charge in [-0.2, -0.15) is 0 Å². The van der Waals surface area contributed by atoms with E-state index in [2.05, 4.69) is 13.8 Å². The Bertz CT molecular complexity index is 710. The van der Waals surface area contributed by atoms with Gasteiger partial charge in [0.25, 0.3) is 0 Å². The number of hydrogen-bond donors (Lipinski definition) is 0. The summed E-state index contributed by atoms with van der Waals surface area (Å²) in [5.74, 6) is -1.53. The highest BCUT2D eigenvalue weighted by atomic mass is 16.7. The van der Waals surface area contributed by atoms with Crippen molar-refractivity contribution < 1.29 is 33.3 Å². The van der Waals surface area contributed by atoms with Crippen molar-refractivity contribution in [1.82, 2.24) is 0 Å². The normalized spacial score (nSPS) is 38.5. The Hall–Kier alpha value is -1.89. The first-order valence-electron chi connectivity index (χ1n) is 9.80. The smallest absolute Gasteiger partial charge is 0.304 e. The molecule has 6 atom stereocenters. The molecule has 0 aromatic heterocycles. The third-order valence-corrected chi connectivity index (χ3v) is 6.61. The lowest BCUT2D eigenvalue weighted by Crippen LogP contribution is -2.62. The molecule has 2 aliphatic carbocycles. The molecule has 0 spiro atoms. The molecule has 0 unspecified atom stereocenters. The minimum absolute atomic E-state index is 0.129. The molecule has 0 bridgehead atoms. The summed E-state index contributed by atoms with van der Waals surface area (Å²) in [6, 6.07) is 0. The average molecular weight is 394 g/mol. The molecule has 1 saturated heterocycles. The van der Waals surface area contributed by atoms with E-state index >= 15 is 0 Å². The monoisotopic (exact) mass is 394 g/mol. The number of fused-ring (bicyclic) bond motifs is 3. The molecule has 28 heavy (non-hydrogen) atoms.